The number of hydrogen-bond acceptors (Lipinski definition) is 6. The number of hydrogen-bond donors (Lipinski definition) is 1. The summed E-state index contributed by atoms with van der Waals surface area (Å²) >= 11 is 1.41. The Hall–Kier alpha value is -3.65. The molecule has 4 rings (SSSR count). The molecule has 1 N–H and O–H groups in total. The number of benzene rings is 2. The summed E-state index contributed by atoms with van der Waals surface area (Å²) in [6, 6.07) is 15.4. The van der Waals surface area contributed by atoms with E-state index in [1.165, 1.54) is 17.4 Å². The molecule has 0 aliphatic heterocycles. The minimum absolute atomic E-state index is 0.128. The van der Waals surface area contributed by atoms with E-state index < -0.39 is 0 Å². The number of thiazole rings is 1. The Balaban J connectivity index is 1.46. The molecule has 2 heterocycles. The first-order valence-electron chi connectivity index (χ1n) is 9.18. The zero-order chi connectivity index (χ0) is 21.1. The van der Waals surface area contributed by atoms with Crippen LogP contribution in [0.3, 0.4) is 0 Å². The van der Waals surface area contributed by atoms with E-state index in [0.29, 0.717) is 33.4 Å². The highest BCUT2D eigenvalue weighted by atomic mass is 32.1. The lowest BCUT2D eigenvalue weighted by Crippen LogP contribution is -2.16. The van der Waals surface area contributed by atoms with Crippen LogP contribution in [0.2, 0.25) is 0 Å². The molecule has 2 aromatic heterocycles. The minimum atomic E-state index is -0.251. The molecular weight excluding hydrogens is 402 g/mol. The van der Waals surface area contributed by atoms with Crippen molar-refractivity contribution in [3.63, 3.8) is 0 Å². The summed E-state index contributed by atoms with van der Waals surface area (Å²) in [6.07, 6.45) is 0. The second-order valence-electron chi connectivity index (χ2n) is 6.58. The fraction of sp³-hybridized carbons (Fsp3) is 0.136. The maximum atomic E-state index is 12.5. The van der Waals surface area contributed by atoms with E-state index in [-0.39, 0.29) is 18.1 Å². The topological polar surface area (TPSA) is 81.9 Å². The van der Waals surface area contributed by atoms with Crippen LogP contribution < -0.4 is 20.3 Å². The van der Waals surface area contributed by atoms with Crippen LogP contribution >= 0.6 is 11.3 Å². The zero-order valence-corrected chi connectivity index (χ0v) is 17.2. The first-order chi connectivity index (χ1) is 14.5. The van der Waals surface area contributed by atoms with Crippen molar-refractivity contribution < 1.29 is 14.3 Å². The molecule has 30 heavy (non-hydrogen) atoms. The number of rotatable bonds is 6. The summed E-state index contributed by atoms with van der Waals surface area (Å²) in [6.45, 7) is 2.02. The van der Waals surface area contributed by atoms with Crippen molar-refractivity contribution in [2.75, 3.05) is 12.4 Å². The molecule has 0 atom stereocenters. The van der Waals surface area contributed by atoms with Gasteiger partial charge in [-0.3, -0.25) is 14.0 Å². The lowest BCUT2D eigenvalue weighted by Gasteiger charge is -2.10. The predicted molar refractivity (Wildman–Crippen MR) is 116 cm³/mol. The standard InChI is InChI=1S/C22H19N3O4S/c1-14-13-30-22-24-17(11-20(26)25(14)22)12-29-19-8-4-6-16(10-19)23-21(27)15-5-3-7-18(9-15)28-2/h3-11,13H,12H2,1-2H3,(H,23,27). The Bertz CT molecular complexity index is 1280. The third kappa shape index (κ3) is 4.18. The van der Waals surface area contributed by atoms with Gasteiger partial charge in [-0.1, -0.05) is 12.1 Å². The lowest BCUT2D eigenvalue weighted by atomic mass is 10.2. The molecule has 152 valence electrons. The lowest BCUT2D eigenvalue weighted by molar-refractivity contribution is 0.102. The average Bonchev–Trinajstić information content (AvgIpc) is 3.13. The third-order valence-electron chi connectivity index (χ3n) is 4.44. The zero-order valence-electron chi connectivity index (χ0n) is 16.4. The SMILES string of the molecule is COc1cccc(C(=O)Nc2cccc(OCc3cc(=O)n4c(C)csc4n3)c2)c1. The first-order valence-corrected chi connectivity index (χ1v) is 10.1. The van der Waals surface area contributed by atoms with E-state index >= 15 is 0 Å². The van der Waals surface area contributed by atoms with Gasteiger partial charge in [0.05, 0.1) is 12.8 Å². The third-order valence-corrected chi connectivity index (χ3v) is 5.38. The number of ether oxygens (including phenoxy) is 2. The second kappa shape index (κ2) is 8.38. The molecule has 0 radical (unpaired) electrons. The Kier molecular flexibility index (Phi) is 5.49. The maximum Gasteiger partial charge on any atom is 0.259 e. The minimum Gasteiger partial charge on any atom is -0.497 e. The Labute approximate surface area is 176 Å². The molecule has 1 amide bonds. The van der Waals surface area contributed by atoms with Crippen LogP contribution in [0.25, 0.3) is 4.96 Å². The Morgan fingerprint density at radius 3 is 2.77 bits per heavy atom. The van der Waals surface area contributed by atoms with Crippen LogP contribution in [0.1, 0.15) is 21.7 Å². The van der Waals surface area contributed by atoms with Gasteiger partial charge in [-0.05, 0) is 37.3 Å². The number of carbonyl (C=O) groups is 1. The van der Waals surface area contributed by atoms with Gasteiger partial charge < -0.3 is 14.8 Å². The van der Waals surface area contributed by atoms with Gasteiger partial charge in [-0.25, -0.2) is 4.98 Å². The van der Waals surface area contributed by atoms with Crippen molar-refractivity contribution in [3.8, 4) is 11.5 Å². The van der Waals surface area contributed by atoms with Crippen molar-refractivity contribution in [3.05, 3.63) is 87.3 Å². The first kappa shape index (κ1) is 19.7. The van der Waals surface area contributed by atoms with Gasteiger partial charge in [0.25, 0.3) is 11.5 Å². The van der Waals surface area contributed by atoms with Crippen LogP contribution in [0.15, 0.2) is 64.8 Å². The fourth-order valence-corrected chi connectivity index (χ4v) is 3.85. The molecule has 0 spiro atoms. The number of nitrogens with one attached hydrogen (secondary N) is 1. The number of nitrogens with zero attached hydrogens (tertiary/aromatic N) is 2. The van der Waals surface area contributed by atoms with Crippen molar-refractivity contribution in [1.82, 2.24) is 9.38 Å². The number of fused-ring (bicyclic) bond motifs is 1. The molecule has 0 saturated carbocycles. The average molecular weight is 421 g/mol. The van der Waals surface area contributed by atoms with E-state index in [4.69, 9.17) is 9.47 Å². The molecule has 0 saturated heterocycles. The van der Waals surface area contributed by atoms with Gasteiger partial charge in [-0.15, -0.1) is 11.3 Å². The van der Waals surface area contributed by atoms with Gasteiger partial charge in [0.15, 0.2) is 4.96 Å². The van der Waals surface area contributed by atoms with Gasteiger partial charge in [0.2, 0.25) is 0 Å². The molecular formula is C22H19N3O4S. The smallest absolute Gasteiger partial charge is 0.259 e. The summed E-state index contributed by atoms with van der Waals surface area (Å²) in [7, 11) is 1.55. The maximum absolute atomic E-state index is 12.5. The molecule has 0 aliphatic carbocycles. The van der Waals surface area contributed by atoms with E-state index in [2.05, 4.69) is 10.3 Å². The highest BCUT2D eigenvalue weighted by Gasteiger charge is 2.09. The fourth-order valence-electron chi connectivity index (χ4n) is 2.96. The van der Waals surface area contributed by atoms with Crippen molar-refractivity contribution >= 4 is 27.9 Å². The molecule has 0 aliphatic rings. The van der Waals surface area contributed by atoms with Gasteiger partial charge in [0.1, 0.15) is 18.1 Å². The Morgan fingerprint density at radius 1 is 1.13 bits per heavy atom. The highest BCUT2D eigenvalue weighted by molar-refractivity contribution is 7.15. The number of amides is 1. The normalized spacial score (nSPS) is 10.7. The molecule has 0 bridgehead atoms. The number of aryl methyl sites for hydroxylation is 1. The summed E-state index contributed by atoms with van der Waals surface area (Å²) in [5.74, 6) is 0.920. The number of aromatic nitrogens is 2. The van der Waals surface area contributed by atoms with E-state index in [9.17, 15) is 9.59 Å². The molecule has 2 aromatic carbocycles. The molecule has 0 fully saturated rings. The monoisotopic (exact) mass is 421 g/mol. The van der Waals surface area contributed by atoms with E-state index in [0.717, 1.165) is 5.69 Å². The largest absolute Gasteiger partial charge is 0.497 e. The second-order valence-corrected chi connectivity index (χ2v) is 7.42. The van der Waals surface area contributed by atoms with Crippen molar-refractivity contribution in [2.45, 2.75) is 13.5 Å². The van der Waals surface area contributed by atoms with E-state index in [1.54, 1.807) is 60.0 Å². The number of anilines is 1. The van der Waals surface area contributed by atoms with Gasteiger partial charge >= 0.3 is 0 Å². The molecule has 4 aromatic rings. The Morgan fingerprint density at radius 2 is 1.93 bits per heavy atom. The number of carbonyl (C=O) groups excluding carboxylic acids is 1. The summed E-state index contributed by atoms with van der Waals surface area (Å²) in [5, 5.41) is 4.73. The molecule has 7 nitrogen and oxygen atoms in total. The summed E-state index contributed by atoms with van der Waals surface area (Å²) < 4.78 is 12.5. The van der Waals surface area contributed by atoms with Crippen molar-refractivity contribution in [2.24, 2.45) is 0 Å². The highest BCUT2D eigenvalue weighted by Crippen LogP contribution is 2.20. The quantitative estimate of drug-likeness (QED) is 0.511. The van der Waals surface area contributed by atoms with Crippen LogP contribution in [0, 0.1) is 6.92 Å². The summed E-state index contributed by atoms with van der Waals surface area (Å²) in [4.78, 5) is 29.9. The van der Waals surface area contributed by atoms with Crippen LogP contribution in [-0.4, -0.2) is 22.4 Å². The summed E-state index contributed by atoms with van der Waals surface area (Å²) in [5.41, 5.74) is 2.37. The predicted octanol–water partition coefficient (Wildman–Crippen LogP) is 3.90. The molecule has 8 heteroatoms. The molecule has 0 unspecified atom stereocenters. The van der Waals surface area contributed by atoms with Crippen LogP contribution in [0.5, 0.6) is 11.5 Å². The van der Waals surface area contributed by atoms with Crippen LogP contribution in [-0.2, 0) is 6.61 Å². The van der Waals surface area contributed by atoms with Crippen molar-refractivity contribution in [1.29, 1.82) is 0 Å². The van der Waals surface area contributed by atoms with Gasteiger partial charge in [0, 0.05) is 34.5 Å². The number of methoxy groups -OCH3 is 1. The van der Waals surface area contributed by atoms with E-state index in [1.807, 2.05) is 12.3 Å². The van der Waals surface area contributed by atoms with Gasteiger partial charge in [-0.2, -0.15) is 0 Å². The van der Waals surface area contributed by atoms with Crippen LogP contribution in [0.4, 0.5) is 5.69 Å².